The predicted octanol–water partition coefficient (Wildman–Crippen LogP) is 4.53. The second-order valence-corrected chi connectivity index (χ2v) is 7.07. The molecule has 2 atom stereocenters. The lowest BCUT2D eigenvalue weighted by atomic mass is 9.88. The van der Waals surface area contributed by atoms with Crippen molar-refractivity contribution in [3.63, 3.8) is 0 Å². The number of hydrogen-bond donors (Lipinski definition) is 1. The molecule has 0 radical (unpaired) electrons. The summed E-state index contributed by atoms with van der Waals surface area (Å²) in [6.07, 6.45) is 4.20. The second-order valence-electron chi connectivity index (χ2n) is 7.07. The fourth-order valence-corrected chi connectivity index (χ4v) is 3.78. The number of aliphatic hydroxyl groups excluding tert-OH is 1. The molecule has 3 nitrogen and oxygen atoms in total. The number of benzene rings is 2. The summed E-state index contributed by atoms with van der Waals surface area (Å²) < 4.78 is 19.1. The van der Waals surface area contributed by atoms with Crippen LogP contribution in [0.2, 0.25) is 0 Å². The van der Waals surface area contributed by atoms with Crippen LogP contribution in [0.15, 0.2) is 48.5 Å². The van der Waals surface area contributed by atoms with Gasteiger partial charge in [-0.1, -0.05) is 49.2 Å². The molecule has 0 aromatic heterocycles. The molecule has 0 bridgehead atoms. The van der Waals surface area contributed by atoms with Crippen LogP contribution >= 0.6 is 0 Å². The predicted molar refractivity (Wildman–Crippen MR) is 102 cm³/mol. The number of nitrogens with zero attached hydrogens (tertiary/aromatic N) is 1. The van der Waals surface area contributed by atoms with Crippen molar-refractivity contribution in [2.45, 2.75) is 37.7 Å². The molecule has 3 rings (SSSR count). The largest absolute Gasteiger partial charge is 0.494 e. The highest BCUT2D eigenvalue weighted by Gasteiger charge is 2.26. The molecule has 0 unspecified atom stereocenters. The van der Waals surface area contributed by atoms with Crippen LogP contribution in [0.1, 0.15) is 48.8 Å². The van der Waals surface area contributed by atoms with Crippen LogP contribution < -0.4 is 4.74 Å². The first-order valence-corrected chi connectivity index (χ1v) is 9.48. The summed E-state index contributed by atoms with van der Waals surface area (Å²) in [6, 6.07) is 14.8. The number of halogens is 1. The zero-order valence-corrected chi connectivity index (χ0v) is 15.4. The lowest BCUT2D eigenvalue weighted by Crippen LogP contribution is -2.32. The topological polar surface area (TPSA) is 32.7 Å². The van der Waals surface area contributed by atoms with E-state index in [1.165, 1.54) is 38.9 Å². The van der Waals surface area contributed by atoms with E-state index in [2.05, 4.69) is 4.90 Å². The second kappa shape index (κ2) is 9.15. The summed E-state index contributed by atoms with van der Waals surface area (Å²) in [5.41, 5.74) is 1.67. The van der Waals surface area contributed by atoms with E-state index in [1.807, 2.05) is 30.3 Å². The van der Waals surface area contributed by atoms with Gasteiger partial charge in [-0.3, -0.25) is 0 Å². The first kappa shape index (κ1) is 18.9. The van der Waals surface area contributed by atoms with Gasteiger partial charge >= 0.3 is 0 Å². The summed E-state index contributed by atoms with van der Waals surface area (Å²) >= 11 is 0. The van der Waals surface area contributed by atoms with Gasteiger partial charge in [0.15, 0.2) is 11.6 Å². The van der Waals surface area contributed by atoms with Gasteiger partial charge in [0.2, 0.25) is 0 Å². The quantitative estimate of drug-likeness (QED) is 0.825. The van der Waals surface area contributed by atoms with Crippen molar-refractivity contribution in [2.24, 2.45) is 0 Å². The van der Waals surface area contributed by atoms with Crippen LogP contribution in [0.3, 0.4) is 0 Å². The molecule has 2 aromatic rings. The van der Waals surface area contributed by atoms with Gasteiger partial charge < -0.3 is 14.7 Å². The van der Waals surface area contributed by atoms with E-state index in [0.717, 1.165) is 25.2 Å². The van der Waals surface area contributed by atoms with Crippen LogP contribution in [0.25, 0.3) is 0 Å². The highest BCUT2D eigenvalue weighted by Crippen LogP contribution is 2.34. The van der Waals surface area contributed by atoms with Crippen molar-refractivity contribution in [1.29, 1.82) is 0 Å². The normalized spacial score (nSPS) is 18.1. The lowest BCUT2D eigenvalue weighted by molar-refractivity contribution is 0.117. The number of rotatable bonds is 6. The average molecular weight is 357 g/mol. The van der Waals surface area contributed by atoms with Crippen molar-refractivity contribution in [1.82, 2.24) is 4.90 Å². The zero-order chi connectivity index (χ0) is 18.4. The first-order valence-electron chi connectivity index (χ1n) is 9.48. The van der Waals surface area contributed by atoms with Crippen molar-refractivity contribution >= 4 is 0 Å². The number of hydrogen-bond acceptors (Lipinski definition) is 3. The minimum atomic E-state index is -0.763. The molecule has 0 aliphatic carbocycles. The van der Waals surface area contributed by atoms with Crippen LogP contribution in [-0.4, -0.2) is 36.8 Å². The van der Waals surface area contributed by atoms with Crippen molar-refractivity contribution in [2.75, 3.05) is 26.7 Å². The monoisotopic (exact) mass is 357 g/mol. The Morgan fingerprint density at radius 1 is 1.00 bits per heavy atom. The van der Waals surface area contributed by atoms with E-state index in [4.69, 9.17) is 4.74 Å². The Morgan fingerprint density at radius 2 is 1.69 bits per heavy atom. The molecule has 2 aromatic carbocycles. The number of methoxy groups -OCH3 is 1. The molecular formula is C22H28FNO2. The van der Waals surface area contributed by atoms with Gasteiger partial charge in [0.1, 0.15) is 0 Å². The maximum atomic E-state index is 14.1. The molecule has 26 heavy (non-hydrogen) atoms. The van der Waals surface area contributed by atoms with Crippen LogP contribution in [0, 0.1) is 5.82 Å². The third-order valence-electron chi connectivity index (χ3n) is 5.28. The molecule has 1 saturated heterocycles. The maximum absolute atomic E-state index is 14.1. The van der Waals surface area contributed by atoms with E-state index in [0.29, 0.717) is 5.56 Å². The SMILES string of the molecule is COc1ccc([C@H](O)[C@H](CN2CCCCCC2)c2ccccc2)cc1F. The third-order valence-corrected chi connectivity index (χ3v) is 5.28. The lowest BCUT2D eigenvalue weighted by Gasteiger charge is -2.30. The molecule has 0 saturated carbocycles. The van der Waals surface area contributed by atoms with E-state index >= 15 is 0 Å². The van der Waals surface area contributed by atoms with Crippen LogP contribution in [0.4, 0.5) is 4.39 Å². The van der Waals surface area contributed by atoms with Gasteiger partial charge in [-0.05, 0) is 49.2 Å². The molecule has 1 aliphatic rings. The van der Waals surface area contributed by atoms with Crippen molar-refractivity contribution in [3.05, 3.63) is 65.5 Å². The third kappa shape index (κ3) is 4.63. The summed E-state index contributed by atoms with van der Waals surface area (Å²) in [7, 11) is 1.45. The average Bonchev–Trinajstić information content (AvgIpc) is 2.95. The van der Waals surface area contributed by atoms with Crippen molar-refractivity contribution in [3.8, 4) is 5.75 Å². The standard InChI is InChI=1S/C22H28FNO2/c1-26-21-12-11-18(15-20(21)23)22(25)19(17-9-5-4-6-10-17)16-24-13-7-2-3-8-14-24/h4-6,9-12,15,19,22,25H,2-3,7-8,13-14,16H2,1H3/t19-,22+/m1/s1. The fraction of sp³-hybridized carbons (Fsp3) is 0.455. The Bertz CT molecular complexity index is 684. The maximum Gasteiger partial charge on any atom is 0.165 e. The van der Waals surface area contributed by atoms with Gasteiger partial charge in [-0.25, -0.2) is 4.39 Å². The van der Waals surface area contributed by atoms with Gasteiger partial charge in [0.05, 0.1) is 13.2 Å². The Morgan fingerprint density at radius 3 is 2.31 bits per heavy atom. The highest BCUT2D eigenvalue weighted by molar-refractivity contribution is 5.33. The summed E-state index contributed by atoms with van der Waals surface area (Å²) in [5, 5.41) is 11.1. The molecule has 140 valence electrons. The van der Waals surface area contributed by atoms with Crippen molar-refractivity contribution < 1.29 is 14.2 Å². The Balaban J connectivity index is 1.85. The Kier molecular flexibility index (Phi) is 6.64. The van der Waals surface area contributed by atoms with E-state index in [-0.39, 0.29) is 11.7 Å². The minimum absolute atomic E-state index is 0.0953. The highest BCUT2D eigenvalue weighted by atomic mass is 19.1. The molecule has 1 aliphatic heterocycles. The van der Waals surface area contributed by atoms with Crippen LogP contribution in [0.5, 0.6) is 5.75 Å². The van der Waals surface area contributed by atoms with Gasteiger partial charge in [-0.15, -0.1) is 0 Å². The molecule has 1 N–H and O–H groups in total. The molecule has 0 spiro atoms. The number of likely N-dealkylation sites (tertiary alicyclic amines) is 1. The number of aliphatic hydroxyl groups is 1. The van der Waals surface area contributed by atoms with Gasteiger partial charge in [-0.2, -0.15) is 0 Å². The first-order chi connectivity index (χ1) is 12.7. The van der Waals surface area contributed by atoms with E-state index < -0.39 is 11.9 Å². The number of ether oxygens (including phenoxy) is 1. The summed E-state index contributed by atoms with van der Waals surface area (Å²) in [5.74, 6) is -0.336. The zero-order valence-electron chi connectivity index (χ0n) is 15.4. The van der Waals surface area contributed by atoms with E-state index in [9.17, 15) is 9.50 Å². The Hall–Kier alpha value is -1.91. The molecule has 0 amide bonds. The summed E-state index contributed by atoms with van der Waals surface area (Å²) in [4.78, 5) is 2.44. The fourth-order valence-electron chi connectivity index (χ4n) is 3.78. The molecule has 4 heteroatoms. The minimum Gasteiger partial charge on any atom is -0.494 e. The molecule has 1 heterocycles. The van der Waals surface area contributed by atoms with Crippen LogP contribution in [-0.2, 0) is 0 Å². The smallest absolute Gasteiger partial charge is 0.165 e. The van der Waals surface area contributed by atoms with Gasteiger partial charge in [0, 0.05) is 12.5 Å². The molecule has 1 fully saturated rings. The molecular weight excluding hydrogens is 329 g/mol. The Labute approximate surface area is 155 Å². The van der Waals surface area contributed by atoms with E-state index in [1.54, 1.807) is 12.1 Å². The summed E-state index contributed by atoms with van der Waals surface area (Å²) in [6.45, 7) is 2.90. The van der Waals surface area contributed by atoms with Gasteiger partial charge in [0.25, 0.3) is 0 Å².